The average Bonchev–Trinajstić information content (AvgIpc) is 3.11. The summed E-state index contributed by atoms with van der Waals surface area (Å²) in [4.78, 5) is 38.9. The van der Waals surface area contributed by atoms with Gasteiger partial charge in [0.1, 0.15) is 24.7 Å². The molecule has 1 aliphatic heterocycles. The van der Waals surface area contributed by atoms with E-state index in [9.17, 15) is 14.4 Å². The zero-order chi connectivity index (χ0) is 24.8. The summed E-state index contributed by atoms with van der Waals surface area (Å²) in [5.41, 5.74) is 1.99. The Labute approximate surface area is 211 Å². The third-order valence-corrected chi connectivity index (χ3v) is 6.34. The third-order valence-electron chi connectivity index (χ3n) is 5.06. The number of para-hydroxylation sites is 2. The SMILES string of the molecule is COc1ccccc1NC(=O)CN1C(=O)S/C(=C/c2cccc(OCc3ccccc3Cl)c2)C1=O. The molecule has 0 radical (unpaired) electrons. The van der Waals surface area contributed by atoms with Crippen LogP contribution < -0.4 is 14.8 Å². The second-order valence-electron chi connectivity index (χ2n) is 7.47. The van der Waals surface area contributed by atoms with Crippen LogP contribution in [0.1, 0.15) is 11.1 Å². The molecule has 0 aliphatic carbocycles. The lowest BCUT2D eigenvalue weighted by atomic mass is 10.2. The number of rotatable bonds is 8. The summed E-state index contributed by atoms with van der Waals surface area (Å²) >= 11 is 6.96. The van der Waals surface area contributed by atoms with Crippen LogP contribution >= 0.6 is 23.4 Å². The van der Waals surface area contributed by atoms with Crippen LogP contribution in [0.4, 0.5) is 10.5 Å². The van der Waals surface area contributed by atoms with Crippen LogP contribution in [-0.2, 0) is 16.2 Å². The van der Waals surface area contributed by atoms with Gasteiger partial charge in [-0.1, -0.05) is 54.1 Å². The number of thioether (sulfide) groups is 1. The number of amides is 3. The van der Waals surface area contributed by atoms with Crippen LogP contribution in [0.5, 0.6) is 11.5 Å². The molecular weight excluding hydrogens is 488 g/mol. The van der Waals surface area contributed by atoms with E-state index in [2.05, 4.69) is 5.32 Å². The van der Waals surface area contributed by atoms with Crippen LogP contribution in [0, 0.1) is 0 Å². The molecule has 3 amide bonds. The van der Waals surface area contributed by atoms with Crippen molar-refractivity contribution in [1.29, 1.82) is 0 Å². The van der Waals surface area contributed by atoms with E-state index in [0.717, 1.165) is 22.2 Å². The minimum absolute atomic E-state index is 0.225. The van der Waals surface area contributed by atoms with Gasteiger partial charge in [-0.25, -0.2) is 0 Å². The third kappa shape index (κ3) is 6.03. The first-order chi connectivity index (χ1) is 16.9. The van der Waals surface area contributed by atoms with Gasteiger partial charge in [0.15, 0.2) is 0 Å². The highest BCUT2D eigenvalue weighted by atomic mass is 35.5. The van der Waals surface area contributed by atoms with E-state index in [4.69, 9.17) is 21.1 Å². The fourth-order valence-electron chi connectivity index (χ4n) is 3.34. The zero-order valence-electron chi connectivity index (χ0n) is 18.7. The highest BCUT2D eigenvalue weighted by molar-refractivity contribution is 8.18. The standard InChI is InChI=1S/C26H21ClN2O5S/c1-33-22-12-5-4-11-21(22)28-24(30)15-29-25(31)23(35-26(29)32)14-17-7-6-9-19(13-17)34-16-18-8-2-3-10-20(18)27/h2-14H,15-16H2,1H3,(H,28,30)/b23-14+. The molecular formula is C26H21ClN2O5S. The number of nitrogens with one attached hydrogen (secondary N) is 1. The van der Waals surface area contributed by atoms with Crippen molar-refractivity contribution in [2.75, 3.05) is 19.0 Å². The average molecular weight is 509 g/mol. The Balaban J connectivity index is 1.41. The molecule has 1 N–H and O–H groups in total. The van der Waals surface area contributed by atoms with Crippen molar-refractivity contribution in [2.24, 2.45) is 0 Å². The second kappa shape index (κ2) is 11.1. The molecule has 1 heterocycles. The zero-order valence-corrected chi connectivity index (χ0v) is 20.3. The first-order valence-corrected chi connectivity index (χ1v) is 11.8. The highest BCUT2D eigenvalue weighted by Gasteiger charge is 2.36. The molecule has 1 saturated heterocycles. The fraction of sp³-hybridized carbons (Fsp3) is 0.115. The van der Waals surface area contributed by atoms with E-state index in [1.54, 1.807) is 60.7 Å². The van der Waals surface area contributed by atoms with Crippen molar-refractivity contribution in [1.82, 2.24) is 4.90 Å². The highest BCUT2D eigenvalue weighted by Crippen LogP contribution is 2.33. The van der Waals surface area contributed by atoms with Gasteiger partial charge < -0.3 is 14.8 Å². The molecule has 0 aromatic heterocycles. The van der Waals surface area contributed by atoms with Gasteiger partial charge in [-0.2, -0.15) is 0 Å². The van der Waals surface area contributed by atoms with Crippen molar-refractivity contribution >= 4 is 52.2 Å². The van der Waals surface area contributed by atoms with E-state index in [1.165, 1.54) is 7.11 Å². The second-order valence-corrected chi connectivity index (χ2v) is 8.87. The number of hydrogen-bond donors (Lipinski definition) is 1. The largest absolute Gasteiger partial charge is 0.495 e. The van der Waals surface area contributed by atoms with E-state index < -0.39 is 23.6 Å². The van der Waals surface area contributed by atoms with Gasteiger partial charge in [0, 0.05) is 10.6 Å². The van der Waals surface area contributed by atoms with Gasteiger partial charge in [0.05, 0.1) is 17.7 Å². The number of carbonyl (C=O) groups excluding carboxylic acids is 3. The minimum atomic E-state index is -0.530. The number of hydrogen-bond acceptors (Lipinski definition) is 6. The van der Waals surface area contributed by atoms with Gasteiger partial charge in [-0.3, -0.25) is 19.3 Å². The van der Waals surface area contributed by atoms with Crippen LogP contribution in [0.3, 0.4) is 0 Å². The minimum Gasteiger partial charge on any atom is -0.495 e. The molecule has 35 heavy (non-hydrogen) atoms. The monoisotopic (exact) mass is 508 g/mol. The van der Waals surface area contributed by atoms with Gasteiger partial charge in [0.2, 0.25) is 5.91 Å². The molecule has 7 nitrogen and oxygen atoms in total. The van der Waals surface area contributed by atoms with Crippen molar-refractivity contribution < 1.29 is 23.9 Å². The lowest BCUT2D eigenvalue weighted by molar-refractivity contribution is -0.127. The van der Waals surface area contributed by atoms with Gasteiger partial charge >= 0.3 is 0 Å². The molecule has 3 aromatic rings. The topological polar surface area (TPSA) is 84.9 Å². The quantitative estimate of drug-likeness (QED) is 0.398. The molecule has 1 fully saturated rings. The Morgan fingerprint density at radius 2 is 1.83 bits per heavy atom. The number of ether oxygens (including phenoxy) is 2. The van der Waals surface area contributed by atoms with Crippen molar-refractivity contribution in [3.63, 3.8) is 0 Å². The summed E-state index contributed by atoms with van der Waals surface area (Å²) in [6.07, 6.45) is 1.60. The van der Waals surface area contributed by atoms with Crippen LogP contribution in [0.15, 0.2) is 77.7 Å². The first-order valence-electron chi connectivity index (χ1n) is 10.6. The van der Waals surface area contributed by atoms with Crippen molar-refractivity contribution in [3.8, 4) is 11.5 Å². The molecule has 178 valence electrons. The van der Waals surface area contributed by atoms with E-state index >= 15 is 0 Å². The predicted octanol–water partition coefficient (Wildman–Crippen LogP) is 5.60. The summed E-state index contributed by atoms with van der Waals surface area (Å²) in [6, 6.07) is 21.4. The Bertz CT molecular complexity index is 1310. The van der Waals surface area contributed by atoms with E-state index in [1.807, 2.05) is 18.2 Å². The number of carbonyl (C=O) groups is 3. The summed E-state index contributed by atoms with van der Waals surface area (Å²) in [5.74, 6) is 0.0335. The lowest BCUT2D eigenvalue weighted by Gasteiger charge is -2.14. The molecule has 0 unspecified atom stereocenters. The maximum Gasteiger partial charge on any atom is 0.294 e. The van der Waals surface area contributed by atoms with E-state index in [0.29, 0.717) is 34.4 Å². The Hall–Kier alpha value is -3.75. The molecule has 9 heteroatoms. The summed E-state index contributed by atoms with van der Waals surface area (Å²) < 4.78 is 11.0. The van der Waals surface area contributed by atoms with Crippen LogP contribution in [-0.4, -0.2) is 35.6 Å². The number of benzene rings is 3. The fourth-order valence-corrected chi connectivity index (χ4v) is 4.37. The predicted molar refractivity (Wildman–Crippen MR) is 137 cm³/mol. The smallest absolute Gasteiger partial charge is 0.294 e. The maximum absolute atomic E-state index is 12.8. The molecule has 3 aromatic carbocycles. The summed E-state index contributed by atoms with van der Waals surface area (Å²) in [5, 5.41) is 2.77. The number of methoxy groups -OCH3 is 1. The maximum atomic E-state index is 12.8. The number of nitrogens with zero attached hydrogens (tertiary/aromatic N) is 1. The molecule has 0 bridgehead atoms. The molecule has 0 atom stereocenters. The molecule has 4 rings (SSSR count). The summed E-state index contributed by atoms with van der Waals surface area (Å²) in [7, 11) is 1.49. The Kier molecular flexibility index (Phi) is 7.74. The summed E-state index contributed by atoms with van der Waals surface area (Å²) in [6.45, 7) is -0.109. The first kappa shape index (κ1) is 24.4. The van der Waals surface area contributed by atoms with Crippen LogP contribution in [0.25, 0.3) is 6.08 Å². The molecule has 0 saturated carbocycles. The van der Waals surface area contributed by atoms with Crippen molar-refractivity contribution in [2.45, 2.75) is 6.61 Å². The number of imide groups is 1. The Morgan fingerprint density at radius 1 is 1.06 bits per heavy atom. The van der Waals surface area contributed by atoms with Gasteiger partial charge in [-0.05, 0) is 53.7 Å². The normalized spacial score (nSPS) is 14.3. The van der Waals surface area contributed by atoms with Gasteiger partial charge in [-0.15, -0.1) is 0 Å². The van der Waals surface area contributed by atoms with Crippen molar-refractivity contribution in [3.05, 3.63) is 93.9 Å². The Morgan fingerprint density at radius 3 is 2.63 bits per heavy atom. The lowest BCUT2D eigenvalue weighted by Crippen LogP contribution is -2.36. The number of halogens is 1. The van der Waals surface area contributed by atoms with Gasteiger partial charge in [0.25, 0.3) is 11.1 Å². The molecule has 1 aliphatic rings. The molecule has 0 spiro atoms. The van der Waals surface area contributed by atoms with Crippen LogP contribution in [0.2, 0.25) is 5.02 Å². The van der Waals surface area contributed by atoms with E-state index in [-0.39, 0.29) is 4.91 Å². The number of anilines is 1.